The Morgan fingerprint density at radius 2 is 2.41 bits per heavy atom. The molecule has 0 aliphatic rings. The fourth-order valence-corrected chi connectivity index (χ4v) is 1.16. The molecule has 96 valence electrons. The Labute approximate surface area is 98.8 Å². The number of nitrogens with two attached hydrogens (primary N) is 1. The number of amides is 1. The zero-order valence-corrected chi connectivity index (χ0v) is 9.50. The third-order valence-corrected chi connectivity index (χ3v) is 1.88. The molecule has 0 bridgehead atoms. The molecule has 1 rings (SSSR count). The third-order valence-electron chi connectivity index (χ3n) is 1.88. The largest absolute Gasteiger partial charge is 0.394 e. The van der Waals surface area contributed by atoms with Crippen LogP contribution in [0.3, 0.4) is 0 Å². The van der Waals surface area contributed by atoms with Gasteiger partial charge in [0.2, 0.25) is 11.9 Å². The number of aliphatic hydroxyl groups excluding tert-OH is 1. The zero-order valence-electron chi connectivity index (χ0n) is 9.50. The Morgan fingerprint density at radius 3 is 3.06 bits per heavy atom. The summed E-state index contributed by atoms with van der Waals surface area (Å²) in [4.78, 5) is 15.1. The highest BCUT2D eigenvalue weighted by atomic mass is 16.5. The van der Waals surface area contributed by atoms with Gasteiger partial charge in [-0.3, -0.25) is 4.79 Å². The minimum atomic E-state index is -0.156. The number of anilines is 1. The molecule has 17 heavy (non-hydrogen) atoms. The van der Waals surface area contributed by atoms with E-state index in [1.807, 2.05) is 0 Å². The van der Waals surface area contributed by atoms with Crippen molar-refractivity contribution in [3.05, 3.63) is 6.33 Å². The van der Waals surface area contributed by atoms with Crippen molar-refractivity contribution in [1.29, 1.82) is 0 Å². The molecule has 0 atom stereocenters. The Balaban J connectivity index is 2.05. The monoisotopic (exact) mass is 243 g/mol. The van der Waals surface area contributed by atoms with Gasteiger partial charge in [0.25, 0.3) is 0 Å². The molecule has 0 saturated heterocycles. The smallest absolute Gasteiger partial charge is 0.241 e. The average molecular weight is 243 g/mol. The van der Waals surface area contributed by atoms with Gasteiger partial charge in [-0.2, -0.15) is 0 Å². The van der Waals surface area contributed by atoms with E-state index in [1.54, 1.807) is 0 Å². The molecular weight excluding hydrogens is 226 g/mol. The van der Waals surface area contributed by atoms with Gasteiger partial charge in [-0.25, -0.2) is 9.67 Å². The molecule has 0 unspecified atom stereocenters. The predicted molar refractivity (Wildman–Crippen MR) is 60.0 cm³/mol. The van der Waals surface area contributed by atoms with Gasteiger partial charge in [0, 0.05) is 13.2 Å². The number of aliphatic hydroxyl groups is 1. The minimum Gasteiger partial charge on any atom is -0.394 e. The first kappa shape index (κ1) is 13.4. The van der Waals surface area contributed by atoms with E-state index in [0.717, 1.165) is 0 Å². The molecule has 4 N–H and O–H groups in total. The number of aromatic nitrogens is 3. The molecule has 0 spiro atoms. The molecule has 1 aromatic heterocycles. The van der Waals surface area contributed by atoms with E-state index in [0.29, 0.717) is 26.2 Å². The molecule has 8 nitrogen and oxygen atoms in total. The van der Waals surface area contributed by atoms with Gasteiger partial charge in [-0.05, 0) is 6.42 Å². The quantitative estimate of drug-likeness (QED) is 0.472. The summed E-state index contributed by atoms with van der Waals surface area (Å²) in [7, 11) is 0. The number of hydrogen-bond donors (Lipinski definition) is 3. The Morgan fingerprint density at radius 1 is 1.59 bits per heavy atom. The van der Waals surface area contributed by atoms with Crippen LogP contribution in [-0.4, -0.2) is 52.1 Å². The fraction of sp³-hybridized carbons (Fsp3) is 0.667. The van der Waals surface area contributed by atoms with Crippen molar-refractivity contribution in [2.45, 2.75) is 13.0 Å². The van der Waals surface area contributed by atoms with Crippen molar-refractivity contribution in [2.24, 2.45) is 0 Å². The Kier molecular flexibility index (Phi) is 5.97. The number of carbonyl (C=O) groups excluding carboxylic acids is 1. The van der Waals surface area contributed by atoms with Gasteiger partial charge in [0.15, 0.2) is 0 Å². The van der Waals surface area contributed by atoms with Crippen molar-refractivity contribution in [2.75, 3.05) is 32.1 Å². The summed E-state index contributed by atoms with van der Waals surface area (Å²) in [6.45, 7) is 1.47. The predicted octanol–water partition coefficient (Wildman–Crippen LogP) is -1.62. The first-order chi connectivity index (χ1) is 8.22. The number of hydrogen-bond acceptors (Lipinski definition) is 6. The highest BCUT2D eigenvalue weighted by Gasteiger charge is 2.03. The van der Waals surface area contributed by atoms with E-state index in [-0.39, 0.29) is 25.0 Å². The fourth-order valence-electron chi connectivity index (χ4n) is 1.16. The van der Waals surface area contributed by atoms with Gasteiger partial charge >= 0.3 is 0 Å². The lowest BCUT2D eigenvalue weighted by Gasteiger charge is -2.05. The van der Waals surface area contributed by atoms with Crippen LogP contribution in [0.1, 0.15) is 6.42 Å². The van der Waals surface area contributed by atoms with Crippen LogP contribution in [0.25, 0.3) is 0 Å². The molecule has 1 amide bonds. The molecule has 0 aliphatic heterocycles. The topological polar surface area (TPSA) is 115 Å². The highest BCUT2D eigenvalue weighted by Crippen LogP contribution is 1.89. The summed E-state index contributed by atoms with van der Waals surface area (Å²) >= 11 is 0. The van der Waals surface area contributed by atoms with Crippen LogP contribution in [0.4, 0.5) is 5.95 Å². The number of nitrogens with zero attached hydrogens (tertiary/aromatic N) is 3. The van der Waals surface area contributed by atoms with Gasteiger partial charge in [-0.1, -0.05) is 0 Å². The summed E-state index contributed by atoms with van der Waals surface area (Å²) in [5.74, 6) is -0.00717. The second kappa shape index (κ2) is 7.58. The number of carbonyl (C=O) groups is 1. The minimum absolute atomic E-state index is 0.0140. The molecule has 1 heterocycles. The van der Waals surface area contributed by atoms with Crippen LogP contribution in [0.2, 0.25) is 0 Å². The van der Waals surface area contributed by atoms with E-state index in [9.17, 15) is 4.79 Å². The van der Waals surface area contributed by atoms with Gasteiger partial charge in [0.05, 0.1) is 13.2 Å². The van der Waals surface area contributed by atoms with Gasteiger partial charge in [0.1, 0.15) is 12.9 Å². The normalized spacial score (nSPS) is 10.4. The molecule has 1 aromatic rings. The lowest BCUT2D eigenvalue weighted by atomic mass is 10.4. The summed E-state index contributed by atoms with van der Waals surface area (Å²) in [6.07, 6.45) is 2.10. The van der Waals surface area contributed by atoms with E-state index in [2.05, 4.69) is 15.4 Å². The first-order valence-corrected chi connectivity index (χ1v) is 5.32. The van der Waals surface area contributed by atoms with Crippen LogP contribution >= 0.6 is 0 Å². The van der Waals surface area contributed by atoms with E-state index < -0.39 is 0 Å². The molecule has 0 aromatic carbocycles. The summed E-state index contributed by atoms with van der Waals surface area (Å²) in [5, 5.41) is 15.0. The van der Waals surface area contributed by atoms with Gasteiger partial charge < -0.3 is 20.9 Å². The van der Waals surface area contributed by atoms with E-state index >= 15 is 0 Å². The standard InChI is InChI=1S/C9H17N5O3/c10-9-12-7-14(13-9)6-8(16)11-2-1-4-17-5-3-15/h7,15H,1-6H2,(H2,10,13)(H,11,16). The maximum Gasteiger partial charge on any atom is 0.241 e. The van der Waals surface area contributed by atoms with Crippen molar-refractivity contribution in [3.8, 4) is 0 Å². The first-order valence-electron chi connectivity index (χ1n) is 5.32. The second-order valence-corrected chi connectivity index (χ2v) is 3.34. The number of nitrogens with one attached hydrogen (secondary N) is 1. The Bertz CT molecular complexity index is 341. The third kappa shape index (κ3) is 5.83. The second-order valence-electron chi connectivity index (χ2n) is 3.34. The summed E-state index contributed by atoms with van der Waals surface area (Å²) < 4.78 is 6.41. The molecule has 0 fully saturated rings. The molecule has 0 aliphatic carbocycles. The van der Waals surface area contributed by atoms with Crippen LogP contribution in [0.15, 0.2) is 6.33 Å². The van der Waals surface area contributed by atoms with E-state index in [1.165, 1.54) is 11.0 Å². The summed E-state index contributed by atoms with van der Waals surface area (Å²) in [6, 6.07) is 0. The maximum atomic E-state index is 11.4. The average Bonchev–Trinajstić information content (AvgIpc) is 2.69. The number of rotatable bonds is 8. The number of nitrogen functional groups attached to an aromatic ring is 1. The highest BCUT2D eigenvalue weighted by molar-refractivity contribution is 5.75. The van der Waals surface area contributed by atoms with Crippen molar-refractivity contribution < 1.29 is 14.6 Å². The molecule has 0 radical (unpaired) electrons. The molecule has 8 heteroatoms. The van der Waals surface area contributed by atoms with Crippen molar-refractivity contribution in [1.82, 2.24) is 20.1 Å². The maximum absolute atomic E-state index is 11.4. The Hall–Kier alpha value is -1.67. The van der Waals surface area contributed by atoms with Gasteiger partial charge in [-0.15, -0.1) is 5.10 Å². The van der Waals surface area contributed by atoms with Crippen LogP contribution in [0.5, 0.6) is 0 Å². The van der Waals surface area contributed by atoms with E-state index in [4.69, 9.17) is 15.6 Å². The van der Waals surface area contributed by atoms with Crippen LogP contribution in [0, 0.1) is 0 Å². The zero-order chi connectivity index (χ0) is 12.5. The van der Waals surface area contributed by atoms with Crippen molar-refractivity contribution in [3.63, 3.8) is 0 Å². The van der Waals surface area contributed by atoms with Crippen LogP contribution < -0.4 is 11.1 Å². The SMILES string of the molecule is Nc1ncn(CC(=O)NCCCOCCO)n1. The molecule has 0 saturated carbocycles. The molecular formula is C9H17N5O3. The van der Waals surface area contributed by atoms with Crippen LogP contribution in [-0.2, 0) is 16.1 Å². The van der Waals surface area contributed by atoms with Crippen molar-refractivity contribution >= 4 is 11.9 Å². The lowest BCUT2D eigenvalue weighted by molar-refractivity contribution is -0.121. The summed E-state index contributed by atoms with van der Waals surface area (Å²) in [5.41, 5.74) is 5.31. The number of ether oxygens (including phenoxy) is 1. The lowest BCUT2D eigenvalue weighted by Crippen LogP contribution is -2.29.